The highest BCUT2D eigenvalue weighted by atomic mass is 16.3. The van der Waals surface area contributed by atoms with Gasteiger partial charge in [0.1, 0.15) is 0 Å². The van der Waals surface area contributed by atoms with Gasteiger partial charge >= 0.3 is 0 Å². The van der Waals surface area contributed by atoms with E-state index < -0.39 is 5.54 Å². The molecule has 5 nitrogen and oxygen atoms in total. The van der Waals surface area contributed by atoms with E-state index in [4.69, 9.17) is 10.2 Å². The molecule has 1 fully saturated rings. The highest BCUT2D eigenvalue weighted by molar-refractivity contribution is 5.78. The molecule has 1 saturated carbocycles. The van der Waals surface area contributed by atoms with Crippen LogP contribution < -0.4 is 10.6 Å². The molecule has 0 spiro atoms. The van der Waals surface area contributed by atoms with Crippen molar-refractivity contribution >= 4 is 5.91 Å². The summed E-state index contributed by atoms with van der Waals surface area (Å²) in [4.78, 5) is 11.3. The molecule has 1 rings (SSSR count). The van der Waals surface area contributed by atoms with Gasteiger partial charge in [-0.15, -0.1) is 0 Å². The number of nitrogens with one attached hydrogen (secondary N) is 2. The van der Waals surface area contributed by atoms with Crippen LogP contribution in [0, 0.1) is 0 Å². The summed E-state index contributed by atoms with van der Waals surface area (Å²) in [5, 5.41) is 23.5. The number of amides is 1. The van der Waals surface area contributed by atoms with Gasteiger partial charge < -0.3 is 20.8 Å². The van der Waals surface area contributed by atoms with Gasteiger partial charge in [-0.25, -0.2) is 0 Å². The van der Waals surface area contributed by atoms with Crippen molar-refractivity contribution in [2.45, 2.75) is 31.3 Å². The van der Waals surface area contributed by atoms with E-state index in [1.807, 2.05) is 0 Å². The molecule has 0 aliphatic heterocycles. The van der Waals surface area contributed by atoms with E-state index in [9.17, 15) is 4.79 Å². The molecule has 5 heteroatoms. The second kappa shape index (κ2) is 4.72. The first-order valence-electron chi connectivity index (χ1n) is 4.86. The van der Waals surface area contributed by atoms with Crippen LogP contribution in [0.15, 0.2) is 0 Å². The Kier molecular flexibility index (Phi) is 3.86. The van der Waals surface area contributed by atoms with Crippen molar-refractivity contribution in [1.29, 1.82) is 0 Å². The van der Waals surface area contributed by atoms with E-state index in [0.717, 1.165) is 12.8 Å². The largest absolute Gasteiger partial charge is 0.394 e. The molecule has 0 unspecified atom stereocenters. The minimum atomic E-state index is -0.914. The van der Waals surface area contributed by atoms with Crippen molar-refractivity contribution in [2.24, 2.45) is 0 Å². The Balaban J connectivity index is 2.22. The lowest BCUT2D eigenvalue weighted by atomic mass is 10.1. The second-order valence-corrected chi connectivity index (χ2v) is 4.08. The summed E-state index contributed by atoms with van der Waals surface area (Å²) < 4.78 is 0. The van der Waals surface area contributed by atoms with Crippen LogP contribution in [0.3, 0.4) is 0 Å². The maximum Gasteiger partial charge on any atom is 0.234 e. The quantitative estimate of drug-likeness (QED) is 0.427. The van der Waals surface area contributed by atoms with Gasteiger partial charge in [-0.1, -0.05) is 0 Å². The average molecular weight is 202 g/mol. The molecule has 14 heavy (non-hydrogen) atoms. The first kappa shape index (κ1) is 11.4. The Bertz CT molecular complexity index is 200. The Morgan fingerprint density at radius 3 is 2.43 bits per heavy atom. The maximum atomic E-state index is 11.3. The summed E-state index contributed by atoms with van der Waals surface area (Å²) in [5.41, 5.74) is -0.914. The fraction of sp³-hybridized carbons (Fsp3) is 0.889. The van der Waals surface area contributed by atoms with E-state index in [1.165, 1.54) is 0 Å². The zero-order valence-corrected chi connectivity index (χ0v) is 8.42. The summed E-state index contributed by atoms with van der Waals surface area (Å²) in [7, 11) is 0. The Morgan fingerprint density at radius 1 is 1.43 bits per heavy atom. The Hall–Kier alpha value is -0.650. The van der Waals surface area contributed by atoms with Gasteiger partial charge in [0.2, 0.25) is 5.91 Å². The van der Waals surface area contributed by atoms with Crippen molar-refractivity contribution in [1.82, 2.24) is 10.6 Å². The summed E-state index contributed by atoms with van der Waals surface area (Å²) in [6.45, 7) is 1.32. The van der Waals surface area contributed by atoms with Crippen LogP contribution in [0.1, 0.15) is 19.8 Å². The molecule has 0 bridgehead atoms. The SMILES string of the molecule is CC(CO)(CO)NC(=O)CNC1CC1. The van der Waals surface area contributed by atoms with Crippen LogP contribution in [0.25, 0.3) is 0 Å². The number of aliphatic hydroxyl groups excluding tert-OH is 2. The van der Waals surface area contributed by atoms with Crippen molar-refractivity contribution in [3.05, 3.63) is 0 Å². The average Bonchev–Trinajstić information content (AvgIpc) is 2.98. The van der Waals surface area contributed by atoms with E-state index in [-0.39, 0.29) is 25.7 Å². The number of carbonyl (C=O) groups is 1. The van der Waals surface area contributed by atoms with Crippen molar-refractivity contribution in [3.8, 4) is 0 Å². The van der Waals surface area contributed by atoms with Gasteiger partial charge in [0.15, 0.2) is 0 Å². The van der Waals surface area contributed by atoms with E-state index in [2.05, 4.69) is 10.6 Å². The van der Waals surface area contributed by atoms with Gasteiger partial charge in [-0.2, -0.15) is 0 Å². The minimum Gasteiger partial charge on any atom is -0.394 e. The second-order valence-electron chi connectivity index (χ2n) is 4.08. The molecular formula is C9H18N2O3. The maximum absolute atomic E-state index is 11.3. The summed E-state index contributed by atoms with van der Waals surface area (Å²) in [5.74, 6) is -0.192. The summed E-state index contributed by atoms with van der Waals surface area (Å²) in [6.07, 6.45) is 2.26. The molecule has 1 aliphatic carbocycles. The Morgan fingerprint density at radius 2 is 2.00 bits per heavy atom. The molecular weight excluding hydrogens is 184 g/mol. The third-order valence-corrected chi connectivity index (χ3v) is 2.27. The minimum absolute atomic E-state index is 0.192. The highest BCUT2D eigenvalue weighted by Gasteiger charge is 2.26. The first-order chi connectivity index (χ1) is 6.59. The fourth-order valence-corrected chi connectivity index (χ4v) is 1.03. The van der Waals surface area contributed by atoms with Gasteiger partial charge in [0.25, 0.3) is 0 Å². The van der Waals surface area contributed by atoms with Crippen LogP contribution in [0.5, 0.6) is 0 Å². The molecule has 0 aromatic carbocycles. The van der Waals surface area contributed by atoms with Gasteiger partial charge in [0, 0.05) is 6.04 Å². The summed E-state index contributed by atoms with van der Waals surface area (Å²) in [6, 6.07) is 0.482. The fourth-order valence-electron chi connectivity index (χ4n) is 1.03. The van der Waals surface area contributed by atoms with Crippen LogP contribution >= 0.6 is 0 Å². The number of carbonyl (C=O) groups excluding carboxylic acids is 1. The van der Waals surface area contributed by atoms with E-state index >= 15 is 0 Å². The standard InChI is InChI=1S/C9H18N2O3/c1-9(5-12,6-13)11-8(14)4-10-7-2-3-7/h7,10,12-13H,2-6H2,1H3,(H,11,14). The topological polar surface area (TPSA) is 81.6 Å². The van der Waals surface area contributed by atoms with Crippen molar-refractivity contribution in [3.63, 3.8) is 0 Å². The number of hydrogen-bond donors (Lipinski definition) is 4. The van der Waals surface area contributed by atoms with Gasteiger partial charge in [-0.05, 0) is 19.8 Å². The molecule has 0 aromatic heterocycles. The first-order valence-corrected chi connectivity index (χ1v) is 4.86. The monoisotopic (exact) mass is 202 g/mol. The molecule has 0 aromatic rings. The number of rotatable bonds is 6. The van der Waals surface area contributed by atoms with Crippen LogP contribution in [-0.4, -0.2) is 47.5 Å². The van der Waals surface area contributed by atoms with Crippen molar-refractivity contribution < 1.29 is 15.0 Å². The summed E-state index contributed by atoms with van der Waals surface area (Å²) >= 11 is 0. The molecule has 0 heterocycles. The van der Waals surface area contributed by atoms with Crippen LogP contribution in [-0.2, 0) is 4.79 Å². The molecule has 4 N–H and O–H groups in total. The predicted molar refractivity (Wildman–Crippen MR) is 51.7 cm³/mol. The van der Waals surface area contributed by atoms with E-state index in [0.29, 0.717) is 6.04 Å². The van der Waals surface area contributed by atoms with Gasteiger partial charge in [-0.3, -0.25) is 4.79 Å². The lowest BCUT2D eigenvalue weighted by Gasteiger charge is -2.26. The molecule has 0 saturated heterocycles. The normalized spacial score (nSPS) is 16.8. The zero-order valence-electron chi connectivity index (χ0n) is 8.42. The number of aliphatic hydroxyl groups is 2. The molecule has 0 atom stereocenters. The smallest absolute Gasteiger partial charge is 0.234 e. The van der Waals surface area contributed by atoms with Crippen molar-refractivity contribution in [2.75, 3.05) is 19.8 Å². The lowest BCUT2D eigenvalue weighted by molar-refractivity contribution is -0.123. The highest BCUT2D eigenvalue weighted by Crippen LogP contribution is 2.17. The molecule has 1 aliphatic rings. The molecule has 0 radical (unpaired) electrons. The third-order valence-electron chi connectivity index (χ3n) is 2.27. The predicted octanol–water partition coefficient (Wildman–Crippen LogP) is -1.40. The number of hydrogen-bond acceptors (Lipinski definition) is 4. The third kappa shape index (κ3) is 3.61. The molecule has 82 valence electrons. The van der Waals surface area contributed by atoms with Gasteiger partial charge in [0.05, 0.1) is 25.3 Å². The van der Waals surface area contributed by atoms with Crippen LogP contribution in [0.2, 0.25) is 0 Å². The van der Waals surface area contributed by atoms with E-state index in [1.54, 1.807) is 6.92 Å². The van der Waals surface area contributed by atoms with Crippen LogP contribution in [0.4, 0.5) is 0 Å². The molecule has 1 amide bonds. The Labute approximate surface area is 83.5 Å². The zero-order chi connectivity index (χ0) is 10.6. The lowest BCUT2D eigenvalue weighted by Crippen LogP contribution is -2.54.